The number of rotatable bonds is 4. The van der Waals surface area contributed by atoms with Gasteiger partial charge in [0.25, 0.3) is 5.91 Å². The summed E-state index contributed by atoms with van der Waals surface area (Å²) >= 11 is 0. The fraction of sp³-hybridized carbons (Fsp3) is 0.188. The van der Waals surface area contributed by atoms with Crippen LogP contribution in [0.3, 0.4) is 0 Å². The number of benzene rings is 2. The zero-order chi connectivity index (χ0) is 13.1. The molecule has 0 spiro atoms. The summed E-state index contributed by atoms with van der Waals surface area (Å²) in [5.41, 5.74) is 3.44. The molecule has 1 saturated heterocycles. The van der Waals surface area contributed by atoms with E-state index in [0.717, 1.165) is 11.1 Å². The molecule has 0 bridgehead atoms. The smallest absolute Gasteiger partial charge is 0.251 e. The lowest BCUT2D eigenvalue weighted by Gasteiger charge is -2.06. The Bertz CT molecular complexity index is 576. The summed E-state index contributed by atoms with van der Waals surface area (Å²) < 4.78 is 4.94. The molecule has 19 heavy (non-hydrogen) atoms. The third kappa shape index (κ3) is 3.01. The van der Waals surface area contributed by atoms with Gasteiger partial charge in [0.15, 0.2) is 6.10 Å². The van der Waals surface area contributed by atoms with E-state index in [9.17, 15) is 4.79 Å². The maximum Gasteiger partial charge on any atom is 0.251 e. The highest BCUT2D eigenvalue weighted by Gasteiger charge is 2.30. The second kappa shape index (κ2) is 5.24. The number of ether oxygens (including phenoxy) is 1. The molecule has 1 aliphatic heterocycles. The Morgan fingerprint density at radius 2 is 1.84 bits per heavy atom. The van der Waals surface area contributed by atoms with Crippen molar-refractivity contribution in [3.8, 4) is 11.1 Å². The van der Waals surface area contributed by atoms with Crippen molar-refractivity contribution in [3.05, 3.63) is 60.2 Å². The first kappa shape index (κ1) is 11.9. The molecule has 1 N–H and O–H groups in total. The minimum atomic E-state index is -0.225. The maximum atomic E-state index is 11.5. The molecule has 2 aromatic carbocycles. The monoisotopic (exact) mass is 253 g/mol. The Morgan fingerprint density at radius 3 is 2.58 bits per heavy atom. The Kier molecular flexibility index (Phi) is 3.29. The van der Waals surface area contributed by atoms with Crippen LogP contribution >= 0.6 is 0 Å². The number of amides is 1. The molecule has 0 saturated carbocycles. The van der Waals surface area contributed by atoms with Gasteiger partial charge in [-0.05, 0) is 22.8 Å². The molecular weight excluding hydrogens is 238 g/mol. The van der Waals surface area contributed by atoms with Gasteiger partial charge in [-0.1, -0.05) is 48.5 Å². The van der Waals surface area contributed by atoms with E-state index in [2.05, 4.69) is 29.6 Å². The Balaban J connectivity index is 1.71. The van der Waals surface area contributed by atoms with E-state index >= 15 is 0 Å². The highest BCUT2D eigenvalue weighted by Crippen LogP contribution is 2.20. The number of epoxide rings is 1. The number of hydrogen-bond donors (Lipinski definition) is 1. The minimum Gasteiger partial charge on any atom is -0.363 e. The van der Waals surface area contributed by atoms with Crippen LogP contribution in [-0.2, 0) is 16.1 Å². The van der Waals surface area contributed by atoms with Crippen molar-refractivity contribution in [3.63, 3.8) is 0 Å². The van der Waals surface area contributed by atoms with Crippen molar-refractivity contribution >= 4 is 5.91 Å². The van der Waals surface area contributed by atoms with Gasteiger partial charge < -0.3 is 10.1 Å². The third-order valence-electron chi connectivity index (χ3n) is 3.13. The molecule has 3 nitrogen and oxygen atoms in total. The molecular formula is C16H15NO2. The number of nitrogens with one attached hydrogen (secondary N) is 1. The van der Waals surface area contributed by atoms with Gasteiger partial charge in [0, 0.05) is 6.54 Å². The lowest BCUT2D eigenvalue weighted by atomic mass is 10.0. The van der Waals surface area contributed by atoms with Gasteiger partial charge in [-0.2, -0.15) is 0 Å². The van der Waals surface area contributed by atoms with Crippen LogP contribution in [0.2, 0.25) is 0 Å². The predicted octanol–water partition coefficient (Wildman–Crippen LogP) is 2.37. The second-order valence-corrected chi connectivity index (χ2v) is 4.61. The van der Waals surface area contributed by atoms with Crippen LogP contribution in [0.25, 0.3) is 11.1 Å². The largest absolute Gasteiger partial charge is 0.363 e. The minimum absolute atomic E-state index is 0.0230. The normalized spacial score (nSPS) is 16.9. The molecule has 0 aromatic heterocycles. The molecule has 1 atom stereocenters. The van der Waals surface area contributed by atoms with Crippen molar-refractivity contribution in [1.82, 2.24) is 5.32 Å². The van der Waals surface area contributed by atoms with Gasteiger partial charge in [-0.25, -0.2) is 0 Å². The molecule has 1 aliphatic rings. The van der Waals surface area contributed by atoms with Gasteiger partial charge in [0.1, 0.15) is 0 Å². The quantitative estimate of drug-likeness (QED) is 0.850. The highest BCUT2D eigenvalue weighted by molar-refractivity contribution is 5.82. The van der Waals surface area contributed by atoms with Crippen molar-refractivity contribution in [1.29, 1.82) is 0 Å². The molecule has 3 heteroatoms. The van der Waals surface area contributed by atoms with Crippen LogP contribution in [0.5, 0.6) is 0 Å². The second-order valence-electron chi connectivity index (χ2n) is 4.61. The van der Waals surface area contributed by atoms with Crippen LogP contribution in [0.4, 0.5) is 0 Å². The third-order valence-corrected chi connectivity index (χ3v) is 3.13. The Hall–Kier alpha value is -2.13. The summed E-state index contributed by atoms with van der Waals surface area (Å²) in [4.78, 5) is 11.5. The first-order valence-corrected chi connectivity index (χ1v) is 6.36. The molecule has 1 unspecified atom stereocenters. The summed E-state index contributed by atoms with van der Waals surface area (Å²) in [6, 6.07) is 18.4. The highest BCUT2D eigenvalue weighted by atomic mass is 16.6. The molecule has 0 aliphatic carbocycles. The van der Waals surface area contributed by atoms with Crippen molar-refractivity contribution in [2.75, 3.05) is 6.61 Å². The molecule has 96 valence electrons. The van der Waals surface area contributed by atoms with Crippen molar-refractivity contribution in [2.24, 2.45) is 0 Å². The average molecular weight is 253 g/mol. The van der Waals surface area contributed by atoms with Crippen LogP contribution in [0, 0.1) is 0 Å². The average Bonchev–Trinajstić information content (AvgIpc) is 3.31. The van der Waals surface area contributed by atoms with Gasteiger partial charge in [-0.15, -0.1) is 0 Å². The Labute approximate surface area is 112 Å². The topological polar surface area (TPSA) is 41.6 Å². The van der Waals surface area contributed by atoms with Crippen molar-refractivity contribution < 1.29 is 9.53 Å². The summed E-state index contributed by atoms with van der Waals surface area (Å²) in [6.45, 7) is 1.09. The molecule has 2 aromatic rings. The fourth-order valence-electron chi connectivity index (χ4n) is 1.99. The van der Waals surface area contributed by atoms with Crippen molar-refractivity contribution in [2.45, 2.75) is 12.6 Å². The summed E-state index contributed by atoms with van der Waals surface area (Å²) in [5.74, 6) is -0.0230. The summed E-state index contributed by atoms with van der Waals surface area (Å²) in [5, 5.41) is 2.88. The van der Waals surface area contributed by atoms with Crippen LogP contribution in [0.1, 0.15) is 5.56 Å². The van der Waals surface area contributed by atoms with Gasteiger partial charge in [0.05, 0.1) is 6.61 Å². The first-order valence-electron chi connectivity index (χ1n) is 6.36. The Morgan fingerprint density at radius 1 is 1.11 bits per heavy atom. The van der Waals surface area contributed by atoms with E-state index in [-0.39, 0.29) is 12.0 Å². The summed E-state index contributed by atoms with van der Waals surface area (Å²) in [6.07, 6.45) is -0.225. The van der Waals surface area contributed by atoms with Crippen LogP contribution < -0.4 is 5.32 Å². The predicted molar refractivity (Wildman–Crippen MR) is 73.5 cm³/mol. The summed E-state index contributed by atoms with van der Waals surface area (Å²) in [7, 11) is 0. The lowest BCUT2D eigenvalue weighted by Crippen LogP contribution is -2.27. The first-order chi connectivity index (χ1) is 9.33. The molecule has 1 amide bonds. The molecule has 1 heterocycles. The molecule has 3 rings (SSSR count). The maximum absolute atomic E-state index is 11.5. The van der Waals surface area contributed by atoms with E-state index in [1.54, 1.807) is 0 Å². The standard InChI is InChI=1S/C16H15NO2/c18-16(15-11-19-15)17-10-12-5-4-8-14(9-12)13-6-2-1-3-7-13/h1-9,15H,10-11H2,(H,17,18). The van der Waals surface area contributed by atoms with E-state index in [1.807, 2.05) is 30.3 Å². The fourth-order valence-corrected chi connectivity index (χ4v) is 1.99. The van der Waals surface area contributed by atoms with E-state index in [1.165, 1.54) is 5.56 Å². The van der Waals surface area contributed by atoms with E-state index in [0.29, 0.717) is 13.2 Å². The number of carbonyl (C=O) groups is 1. The number of hydrogen-bond acceptors (Lipinski definition) is 2. The van der Waals surface area contributed by atoms with E-state index < -0.39 is 0 Å². The van der Waals surface area contributed by atoms with Gasteiger partial charge in [-0.3, -0.25) is 4.79 Å². The molecule has 1 fully saturated rings. The van der Waals surface area contributed by atoms with E-state index in [4.69, 9.17) is 4.74 Å². The lowest BCUT2D eigenvalue weighted by molar-refractivity contribution is -0.122. The number of carbonyl (C=O) groups excluding carboxylic acids is 1. The van der Waals surface area contributed by atoms with Crippen LogP contribution in [-0.4, -0.2) is 18.6 Å². The van der Waals surface area contributed by atoms with Gasteiger partial charge in [0.2, 0.25) is 0 Å². The molecule has 0 radical (unpaired) electrons. The zero-order valence-electron chi connectivity index (χ0n) is 10.5. The SMILES string of the molecule is O=C(NCc1cccc(-c2ccccc2)c1)C1CO1. The van der Waals surface area contributed by atoms with Crippen LogP contribution in [0.15, 0.2) is 54.6 Å². The van der Waals surface area contributed by atoms with Gasteiger partial charge >= 0.3 is 0 Å². The zero-order valence-corrected chi connectivity index (χ0v) is 10.5.